The van der Waals surface area contributed by atoms with Crippen LogP contribution in [0.5, 0.6) is 0 Å². The highest BCUT2D eigenvalue weighted by Gasteiger charge is 2.70. The number of rotatable bonds is 13. The zero-order chi connectivity index (χ0) is 32.0. The van der Waals surface area contributed by atoms with Crippen LogP contribution < -0.4 is 0 Å². The lowest BCUT2D eigenvalue weighted by molar-refractivity contribution is -0.241. The first-order valence-corrected chi connectivity index (χ1v) is 14.1. The number of carbonyl (C=O) groups excluding carboxylic acids is 5. The van der Waals surface area contributed by atoms with Crippen LogP contribution in [-0.2, 0) is 52.4 Å². The molecule has 13 heteroatoms. The lowest BCUT2D eigenvalue weighted by atomic mass is 9.77. The van der Waals surface area contributed by atoms with Crippen LogP contribution in [0.25, 0.3) is 0 Å². The Morgan fingerprint density at radius 2 is 1.50 bits per heavy atom. The largest absolute Gasteiger partial charge is 0.463 e. The van der Waals surface area contributed by atoms with Gasteiger partial charge < -0.3 is 38.6 Å². The van der Waals surface area contributed by atoms with Gasteiger partial charge in [0.1, 0.15) is 36.4 Å². The zero-order valence-corrected chi connectivity index (χ0v) is 25.5. The second-order valence-corrected chi connectivity index (χ2v) is 12.1. The number of fused-ring (bicyclic) bond motifs is 1. The molecule has 13 nitrogen and oxygen atoms in total. The molecule has 0 radical (unpaired) electrons. The maximum absolute atomic E-state index is 13.0. The van der Waals surface area contributed by atoms with Crippen LogP contribution in [0.4, 0.5) is 0 Å². The van der Waals surface area contributed by atoms with Crippen LogP contribution in [0.1, 0.15) is 74.7 Å². The molecule has 1 fully saturated rings. The lowest BCUT2D eigenvalue weighted by Crippen LogP contribution is -2.59. The Morgan fingerprint density at radius 1 is 0.905 bits per heavy atom. The van der Waals surface area contributed by atoms with Gasteiger partial charge in [0.15, 0.2) is 0 Å². The smallest absolute Gasteiger partial charge is 0.348 e. The molecule has 0 aromatic rings. The lowest BCUT2D eigenvalue weighted by Gasteiger charge is -2.43. The van der Waals surface area contributed by atoms with Gasteiger partial charge in [0.25, 0.3) is 6.29 Å². The predicted molar refractivity (Wildman–Crippen MR) is 144 cm³/mol. The molecule has 2 N–H and O–H groups in total. The SMILES string of the molecule is CC(=O)OC[C@@]1(O)[C@@H](OC(C)=O)C[C@]2(O)C(COC(=O)[C@H](OC(=O)CC(C)C)C(C)C)=CO[C@@H](OC(=O)CC(C)C)[C@H]12. The average molecular weight is 601 g/mol. The second kappa shape index (κ2) is 14.3. The molecule has 0 aromatic carbocycles. The molecular weight excluding hydrogens is 556 g/mol. The normalized spacial score (nSPS) is 27.5. The van der Waals surface area contributed by atoms with Crippen LogP contribution in [0, 0.1) is 23.7 Å². The first-order valence-electron chi connectivity index (χ1n) is 14.1. The quantitative estimate of drug-likeness (QED) is 0.231. The summed E-state index contributed by atoms with van der Waals surface area (Å²) in [7, 11) is 0. The fourth-order valence-corrected chi connectivity index (χ4v) is 5.04. The fraction of sp³-hybridized carbons (Fsp3) is 0.759. The molecule has 2 rings (SSSR count). The predicted octanol–water partition coefficient (Wildman–Crippen LogP) is 1.95. The molecule has 42 heavy (non-hydrogen) atoms. The molecule has 1 aliphatic carbocycles. The van der Waals surface area contributed by atoms with E-state index in [4.69, 9.17) is 28.4 Å². The van der Waals surface area contributed by atoms with E-state index in [9.17, 15) is 34.2 Å². The maximum Gasteiger partial charge on any atom is 0.348 e. The number of hydrogen-bond acceptors (Lipinski definition) is 13. The van der Waals surface area contributed by atoms with E-state index < -0.39 is 91.0 Å². The van der Waals surface area contributed by atoms with Crippen molar-refractivity contribution < 1.29 is 62.6 Å². The summed E-state index contributed by atoms with van der Waals surface area (Å²) in [6, 6.07) is 0. The van der Waals surface area contributed by atoms with Gasteiger partial charge in [-0.3, -0.25) is 19.2 Å². The van der Waals surface area contributed by atoms with Crippen LogP contribution in [0.15, 0.2) is 11.8 Å². The summed E-state index contributed by atoms with van der Waals surface area (Å²) in [5.74, 6) is -5.72. The molecule has 0 bridgehead atoms. The average Bonchev–Trinajstić information content (AvgIpc) is 3.06. The molecule has 6 atom stereocenters. The molecular formula is C29H44O13. The molecule has 0 aromatic heterocycles. The van der Waals surface area contributed by atoms with Crippen LogP contribution in [-0.4, -0.2) is 83.0 Å². The molecule has 1 saturated carbocycles. The first kappa shape index (κ1) is 35.0. The molecule has 0 saturated heterocycles. The van der Waals surface area contributed by atoms with Gasteiger partial charge in [0, 0.05) is 44.6 Å². The Labute approximate surface area is 245 Å². The van der Waals surface area contributed by atoms with Crippen molar-refractivity contribution in [2.45, 2.75) is 104 Å². The van der Waals surface area contributed by atoms with E-state index in [-0.39, 0.29) is 30.3 Å². The van der Waals surface area contributed by atoms with Gasteiger partial charge in [0.05, 0.1) is 6.26 Å². The van der Waals surface area contributed by atoms with Gasteiger partial charge in [-0.05, 0) is 11.8 Å². The summed E-state index contributed by atoms with van der Waals surface area (Å²) >= 11 is 0. The summed E-state index contributed by atoms with van der Waals surface area (Å²) in [6.45, 7) is 11.5. The molecule has 1 heterocycles. The molecule has 0 spiro atoms. The summed E-state index contributed by atoms with van der Waals surface area (Å²) in [5, 5.41) is 23.8. The standard InChI is InChI=1S/C29H44O13/c1-15(2)9-22(32)41-24(17(5)6)26(34)37-12-20-13-38-27(42-23(33)10-16(3)4)25-28(20,35)11-21(40-19(8)31)29(25,36)14-39-18(7)30/h13,15-17,21,24-25,27,35-36H,9-12,14H2,1-8H3/t21-,24+,25-,27-,28-,29+/m0/s1. The van der Waals surface area contributed by atoms with Crippen LogP contribution in [0.3, 0.4) is 0 Å². The highest BCUT2D eigenvalue weighted by Crippen LogP contribution is 2.53. The Hall–Kier alpha value is -3.19. The third-order valence-electron chi connectivity index (χ3n) is 6.96. The first-order chi connectivity index (χ1) is 19.4. The highest BCUT2D eigenvalue weighted by molar-refractivity contribution is 5.80. The van der Waals surface area contributed by atoms with Crippen molar-refractivity contribution in [1.29, 1.82) is 0 Å². The zero-order valence-electron chi connectivity index (χ0n) is 25.5. The molecule has 1 aliphatic heterocycles. The number of carbonyl (C=O) groups is 5. The van der Waals surface area contributed by atoms with Gasteiger partial charge in [-0.15, -0.1) is 0 Å². The molecule has 238 valence electrons. The number of aliphatic hydroxyl groups is 2. The van der Waals surface area contributed by atoms with Crippen molar-refractivity contribution in [2.24, 2.45) is 23.7 Å². The number of hydrogen-bond donors (Lipinski definition) is 2. The van der Waals surface area contributed by atoms with E-state index in [1.807, 2.05) is 13.8 Å². The summed E-state index contributed by atoms with van der Waals surface area (Å²) in [6.07, 6.45) is -3.52. The van der Waals surface area contributed by atoms with Gasteiger partial charge in [-0.25, -0.2) is 4.79 Å². The van der Waals surface area contributed by atoms with Gasteiger partial charge in [0.2, 0.25) is 6.10 Å². The van der Waals surface area contributed by atoms with Crippen molar-refractivity contribution in [1.82, 2.24) is 0 Å². The van der Waals surface area contributed by atoms with E-state index in [0.717, 1.165) is 20.1 Å². The Bertz CT molecular complexity index is 1050. The monoisotopic (exact) mass is 600 g/mol. The maximum atomic E-state index is 13.0. The van der Waals surface area contributed by atoms with Gasteiger partial charge in [-0.1, -0.05) is 41.5 Å². The minimum absolute atomic E-state index is 0.00105. The Morgan fingerprint density at radius 3 is 2.02 bits per heavy atom. The topological polar surface area (TPSA) is 181 Å². The van der Waals surface area contributed by atoms with E-state index in [1.54, 1.807) is 27.7 Å². The van der Waals surface area contributed by atoms with Crippen molar-refractivity contribution >= 4 is 29.8 Å². The van der Waals surface area contributed by atoms with Crippen molar-refractivity contribution in [2.75, 3.05) is 13.2 Å². The highest BCUT2D eigenvalue weighted by atomic mass is 16.7. The van der Waals surface area contributed by atoms with Crippen molar-refractivity contribution in [3.8, 4) is 0 Å². The third kappa shape index (κ3) is 8.66. The van der Waals surface area contributed by atoms with E-state index in [1.165, 1.54) is 0 Å². The van der Waals surface area contributed by atoms with Crippen LogP contribution >= 0.6 is 0 Å². The van der Waals surface area contributed by atoms with Gasteiger partial charge >= 0.3 is 29.8 Å². The Kier molecular flexibility index (Phi) is 11.9. The molecule has 0 unspecified atom stereocenters. The summed E-state index contributed by atoms with van der Waals surface area (Å²) < 4.78 is 32.3. The minimum Gasteiger partial charge on any atom is -0.463 e. The van der Waals surface area contributed by atoms with Crippen molar-refractivity contribution in [3.63, 3.8) is 0 Å². The summed E-state index contributed by atoms with van der Waals surface area (Å²) in [4.78, 5) is 61.4. The van der Waals surface area contributed by atoms with Crippen molar-refractivity contribution in [3.05, 3.63) is 11.8 Å². The molecule has 0 amide bonds. The van der Waals surface area contributed by atoms with Gasteiger partial charge in [-0.2, -0.15) is 0 Å². The number of ether oxygens (including phenoxy) is 6. The fourth-order valence-electron chi connectivity index (χ4n) is 5.04. The second-order valence-electron chi connectivity index (χ2n) is 12.1. The third-order valence-corrected chi connectivity index (χ3v) is 6.96. The van der Waals surface area contributed by atoms with E-state index in [2.05, 4.69) is 0 Å². The Balaban J connectivity index is 2.42. The van der Waals surface area contributed by atoms with E-state index in [0.29, 0.717) is 0 Å². The minimum atomic E-state index is -2.27. The van der Waals surface area contributed by atoms with E-state index >= 15 is 0 Å². The molecule has 2 aliphatic rings. The summed E-state index contributed by atoms with van der Waals surface area (Å²) in [5.41, 5.74) is -4.44. The van der Waals surface area contributed by atoms with Crippen LogP contribution in [0.2, 0.25) is 0 Å². The number of esters is 5.